The third-order valence-corrected chi connectivity index (χ3v) is 13.3. The van der Waals surface area contributed by atoms with Crippen LogP contribution >= 0.6 is 0 Å². The first kappa shape index (κ1) is 34.6. The molecule has 0 atom stereocenters. The van der Waals surface area contributed by atoms with Crippen LogP contribution in [0.2, 0.25) is 0 Å². The van der Waals surface area contributed by atoms with Gasteiger partial charge in [-0.15, -0.1) is 70.8 Å². The number of nitrogens with zero attached hydrogens (tertiary/aromatic N) is 2. The Morgan fingerprint density at radius 2 is 1.04 bits per heavy atom. The summed E-state index contributed by atoms with van der Waals surface area (Å²) in [5.74, 6) is 0.636. The number of fused-ring (bicyclic) bond motifs is 2. The normalized spacial score (nSPS) is 18.4. The Labute approximate surface area is 329 Å². The van der Waals surface area contributed by atoms with Crippen molar-refractivity contribution in [3.63, 3.8) is 0 Å². The Kier molecular flexibility index (Phi) is 9.32. The van der Waals surface area contributed by atoms with Crippen LogP contribution in [0, 0.1) is 23.0 Å². The number of hydrogen-bond acceptors (Lipinski definition) is 2. The zero-order chi connectivity index (χ0) is 34.5. The summed E-state index contributed by atoms with van der Waals surface area (Å²) in [6.45, 7) is 0. The van der Waals surface area contributed by atoms with Crippen molar-refractivity contribution in [2.24, 2.45) is 10.8 Å². The summed E-state index contributed by atoms with van der Waals surface area (Å²) in [5, 5.41) is 0. The summed E-state index contributed by atoms with van der Waals surface area (Å²) >= 11 is 0. The van der Waals surface area contributed by atoms with E-state index in [1.807, 2.05) is 24.5 Å². The van der Waals surface area contributed by atoms with Gasteiger partial charge in [0.2, 0.25) is 0 Å². The molecular formula is C50H46N2Pt. The summed E-state index contributed by atoms with van der Waals surface area (Å²) in [6, 6.07) is 45.6. The maximum Gasteiger partial charge on any atom is 2.00 e. The molecule has 3 heteroatoms. The minimum absolute atomic E-state index is 0. The molecule has 0 amide bonds. The molecule has 0 saturated heterocycles. The van der Waals surface area contributed by atoms with Crippen LogP contribution < -0.4 is 0 Å². The van der Waals surface area contributed by atoms with E-state index in [0.717, 1.165) is 59.3 Å². The van der Waals surface area contributed by atoms with Gasteiger partial charge in [-0.2, -0.15) is 0 Å². The molecular weight excluding hydrogens is 824 g/mol. The van der Waals surface area contributed by atoms with Gasteiger partial charge in [-0.3, -0.25) is 9.97 Å². The van der Waals surface area contributed by atoms with Crippen molar-refractivity contribution in [3.05, 3.63) is 155 Å². The molecule has 4 aliphatic rings. The van der Waals surface area contributed by atoms with Gasteiger partial charge in [0.1, 0.15) is 0 Å². The molecule has 2 saturated carbocycles. The van der Waals surface area contributed by atoms with Gasteiger partial charge in [-0.05, 0) is 110 Å². The number of benzene rings is 4. The smallest absolute Gasteiger partial charge is 0.295 e. The molecule has 266 valence electrons. The first-order chi connectivity index (χ1) is 25.6. The van der Waals surface area contributed by atoms with Crippen LogP contribution in [0.4, 0.5) is 0 Å². The van der Waals surface area contributed by atoms with Crippen LogP contribution in [0.5, 0.6) is 0 Å². The molecule has 2 spiro atoms. The zero-order valence-electron chi connectivity index (χ0n) is 30.5. The van der Waals surface area contributed by atoms with Crippen molar-refractivity contribution in [3.8, 4) is 44.8 Å². The SMILES string of the molecule is [Pt+2].[c-]1c(-c2ccccn2)cccc1-c1cc2c(cc1-c1[c-]c(-c3cc(C4CCC5(CCCCC5)CC4)ccn3)ccc1)CC1(Cc3ccccc3C1)C2. The van der Waals surface area contributed by atoms with Gasteiger partial charge in [0, 0.05) is 23.8 Å². The largest absolute Gasteiger partial charge is 2.00 e. The monoisotopic (exact) mass is 869 g/mol. The summed E-state index contributed by atoms with van der Waals surface area (Å²) in [5.41, 5.74) is 17.1. The molecule has 0 radical (unpaired) electrons. The zero-order valence-corrected chi connectivity index (χ0v) is 32.7. The number of rotatable bonds is 5. The fourth-order valence-electron chi connectivity index (χ4n) is 10.6. The quantitative estimate of drug-likeness (QED) is 0.161. The van der Waals surface area contributed by atoms with Gasteiger partial charge < -0.3 is 0 Å². The topological polar surface area (TPSA) is 25.8 Å². The third kappa shape index (κ3) is 6.67. The first-order valence-corrected chi connectivity index (χ1v) is 19.8. The molecule has 10 rings (SSSR count). The van der Waals surface area contributed by atoms with E-state index in [1.165, 1.54) is 96.7 Å². The molecule has 2 fully saturated rings. The molecule has 0 unspecified atom stereocenters. The standard InChI is InChI=1S/C50H46N2.Pt/c1-5-20-49(21-6-1)22-17-35(18-23-49)36-19-25-52-48(30-36)40-15-9-13-38(27-40)46-29-44-34-50(31-41-10-2-3-11-42(41)32-50)33-43(44)28-45(46)37-12-8-14-39(26-37)47-16-4-7-24-51-47;/h2-4,7-16,19,24-25,28-30,35H,1,5-6,17-18,20-23,31-34H2;/q-2;+2. The molecule has 0 bridgehead atoms. The second-order valence-corrected chi connectivity index (χ2v) is 16.6. The molecule has 4 aliphatic carbocycles. The van der Waals surface area contributed by atoms with Gasteiger partial charge >= 0.3 is 21.1 Å². The molecule has 4 aromatic carbocycles. The molecule has 2 aromatic heterocycles. The molecule has 6 aromatic rings. The van der Waals surface area contributed by atoms with E-state index in [4.69, 9.17) is 4.98 Å². The van der Waals surface area contributed by atoms with Crippen molar-refractivity contribution >= 4 is 0 Å². The number of hydrogen-bond donors (Lipinski definition) is 0. The third-order valence-electron chi connectivity index (χ3n) is 13.3. The summed E-state index contributed by atoms with van der Waals surface area (Å²) in [6.07, 6.45) is 21.1. The fraction of sp³-hybridized carbons (Fsp3) is 0.320. The summed E-state index contributed by atoms with van der Waals surface area (Å²) in [7, 11) is 0. The van der Waals surface area contributed by atoms with E-state index in [1.54, 1.807) is 0 Å². The minimum Gasteiger partial charge on any atom is -0.295 e. The number of pyridine rings is 2. The second kappa shape index (κ2) is 14.3. The van der Waals surface area contributed by atoms with Gasteiger partial charge in [0.05, 0.1) is 0 Å². The van der Waals surface area contributed by atoms with Crippen LogP contribution in [-0.4, -0.2) is 9.97 Å². The average molecular weight is 870 g/mol. The van der Waals surface area contributed by atoms with E-state index in [9.17, 15) is 0 Å². The number of aromatic nitrogens is 2. The summed E-state index contributed by atoms with van der Waals surface area (Å²) < 4.78 is 0. The van der Waals surface area contributed by atoms with Crippen LogP contribution in [0.15, 0.2) is 116 Å². The van der Waals surface area contributed by atoms with Gasteiger partial charge in [0.25, 0.3) is 0 Å². The van der Waals surface area contributed by atoms with E-state index < -0.39 is 0 Å². The van der Waals surface area contributed by atoms with E-state index in [0.29, 0.717) is 11.3 Å². The average Bonchev–Trinajstić information content (AvgIpc) is 3.75. The summed E-state index contributed by atoms with van der Waals surface area (Å²) in [4.78, 5) is 9.58. The Balaban J connectivity index is 0.00000372. The van der Waals surface area contributed by atoms with Crippen molar-refractivity contribution in [2.75, 3.05) is 0 Å². The van der Waals surface area contributed by atoms with Crippen molar-refractivity contribution in [2.45, 2.75) is 89.4 Å². The Morgan fingerprint density at radius 1 is 0.472 bits per heavy atom. The van der Waals surface area contributed by atoms with Crippen LogP contribution in [0.3, 0.4) is 0 Å². The molecule has 0 N–H and O–H groups in total. The molecule has 2 nitrogen and oxygen atoms in total. The van der Waals surface area contributed by atoms with E-state index in [-0.39, 0.29) is 26.5 Å². The minimum atomic E-state index is 0. The predicted molar refractivity (Wildman–Crippen MR) is 212 cm³/mol. The van der Waals surface area contributed by atoms with Crippen LogP contribution in [0.25, 0.3) is 44.8 Å². The van der Waals surface area contributed by atoms with E-state index >= 15 is 0 Å². The van der Waals surface area contributed by atoms with Gasteiger partial charge in [-0.25, -0.2) is 0 Å². The van der Waals surface area contributed by atoms with Crippen molar-refractivity contribution in [1.82, 2.24) is 9.97 Å². The Morgan fingerprint density at radius 3 is 1.66 bits per heavy atom. The first-order valence-electron chi connectivity index (χ1n) is 19.8. The van der Waals surface area contributed by atoms with E-state index in [2.05, 4.69) is 108 Å². The van der Waals surface area contributed by atoms with Gasteiger partial charge in [0.15, 0.2) is 0 Å². The molecule has 0 aliphatic heterocycles. The van der Waals surface area contributed by atoms with Crippen molar-refractivity contribution in [1.29, 1.82) is 0 Å². The Hall–Kier alpha value is -4.13. The maximum absolute atomic E-state index is 4.93. The van der Waals surface area contributed by atoms with Crippen molar-refractivity contribution < 1.29 is 21.1 Å². The maximum atomic E-state index is 4.93. The second-order valence-electron chi connectivity index (χ2n) is 16.6. The van der Waals surface area contributed by atoms with Crippen LogP contribution in [-0.2, 0) is 46.7 Å². The fourth-order valence-corrected chi connectivity index (χ4v) is 10.6. The Bertz CT molecular complexity index is 2230. The molecule has 2 heterocycles. The van der Waals surface area contributed by atoms with Gasteiger partial charge in [-0.1, -0.05) is 96.1 Å². The predicted octanol–water partition coefficient (Wildman–Crippen LogP) is 12.2. The van der Waals surface area contributed by atoms with Crippen LogP contribution in [0.1, 0.15) is 91.5 Å². The molecule has 53 heavy (non-hydrogen) atoms.